The van der Waals surface area contributed by atoms with Gasteiger partial charge >= 0.3 is 0 Å². The van der Waals surface area contributed by atoms with E-state index in [-0.39, 0.29) is 6.04 Å². The fourth-order valence-corrected chi connectivity index (χ4v) is 5.34. The van der Waals surface area contributed by atoms with Crippen LogP contribution < -0.4 is 10.6 Å². The Kier molecular flexibility index (Phi) is 7.94. The standard InChI is InChI=1S/C37H33N5O/c1-26(28-13-5-3-6-14-28)41(2)25-27-12-11-17-32(24-27)42(31-22-20-30(21-23-31)36(38)43)37-39-34-19-10-9-18-33(34)35(40-37)29-15-7-4-8-16-29/h3-24,26H,25H2,1-2H3,(H2,38,43). The Morgan fingerprint density at radius 2 is 1.42 bits per heavy atom. The number of primary amides is 1. The van der Waals surface area contributed by atoms with Gasteiger partial charge in [0, 0.05) is 40.5 Å². The smallest absolute Gasteiger partial charge is 0.248 e. The number of benzene rings is 5. The van der Waals surface area contributed by atoms with Crippen LogP contribution in [0.1, 0.15) is 34.5 Å². The van der Waals surface area contributed by atoms with Crippen LogP contribution in [-0.4, -0.2) is 27.8 Å². The van der Waals surface area contributed by atoms with Gasteiger partial charge in [0.05, 0.1) is 11.2 Å². The summed E-state index contributed by atoms with van der Waals surface area (Å²) in [5.41, 5.74) is 12.9. The maximum atomic E-state index is 11.9. The first-order valence-electron chi connectivity index (χ1n) is 14.3. The Bertz CT molecular complexity index is 1860. The van der Waals surface area contributed by atoms with Crippen molar-refractivity contribution in [1.82, 2.24) is 14.9 Å². The van der Waals surface area contributed by atoms with Gasteiger partial charge in [-0.05, 0) is 67.6 Å². The van der Waals surface area contributed by atoms with Crippen LogP contribution in [0.5, 0.6) is 0 Å². The predicted molar refractivity (Wildman–Crippen MR) is 174 cm³/mol. The Morgan fingerprint density at radius 1 is 0.744 bits per heavy atom. The molecule has 0 spiro atoms. The minimum atomic E-state index is -0.469. The van der Waals surface area contributed by atoms with Gasteiger partial charge in [-0.15, -0.1) is 0 Å². The molecule has 0 aliphatic carbocycles. The lowest BCUT2D eigenvalue weighted by molar-refractivity contribution is 0.100. The predicted octanol–water partition coefficient (Wildman–Crippen LogP) is 8.06. The van der Waals surface area contributed by atoms with Crippen LogP contribution in [0.15, 0.2) is 133 Å². The van der Waals surface area contributed by atoms with Gasteiger partial charge in [0.15, 0.2) is 0 Å². The van der Waals surface area contributed by atoms with Crippen LogP contribution in [0.4, 0.5) is 17.3 Å². The normalized spacial score (nSPS) is 11.9. The molecule has 6 heteroatoms. The highest BCUT2D eigenvalue weighted by molar-refractivity contribution is 5.95. The van der Waals surface area contributed by atoms with E-state index in [4.69, 9.17) is 15.7 Å². The molecule has 212 valence electrons. The second-order valence-corrected chi connectivity index (χ2v) is 10.7. The number of nitrogens with zero attached hydrogens (tertiary/aromatic N) is 4. The average molecular weight is 564 g/mol. The zero-order valence-corrected chi connectivity index (χ0v) is 24.3. The van der Waals surface area contributed by atoms with E-state index in [9.17, 15) is 4.79 Å². The lowest BCUT2D eigenvalue weighted by atomic mass is 10.1. The van der Waals surface area contributed by atoms with Crippen molar-refractivity contribution in [3.8, 4) is 11.3 Å². The summed E-state index contributed by atoms with van der Waals surface area (Å²) in [5.74, 6) is 0.0662. The molecule has 6 nitrogen and oxygen atoms in total. The third kappa shape index (κ3) is 6.01. The lowest BCUT2D eigenvalue weighted by Gasteiger charge is -2.27. The van der Waals surface area contributed by atoms with E-state index in [0.717, 1.165) is 45.6 Å². The summed E-state index contributed by atoms with van der Waals surface area (Å²) in [6.45, 7) is 2.98. The van der Waals surface area contributed by atoms with Crippen molar-refractivity contribution in [2.24, 2.45) is 5.73 Å². The summed E-state index contributed by atoms with van der Waals surface area (Å²) in [7, 11) is 2.14. The van der Waals surface area contributed by atoms with Gasteiger partial charge in [0.2, 0.25) is 11.9 Å². The number of hydrogen-bond donors (Lipinski definition) is 1. The zero-order chi connectivity index (χ0) is 29.8. The van der Waals surface area contributed by atoms with Crippen LogP contribution in [-0.2, 0) is 6.54 Å². The molecule has 0 radical (unpaired) electrons. The molecule has 0 saturated heterocycles. The molecule has 0 bridgehead atoms. The monoisotopic (exact) mass is 563 g/mol. The molecule has 1 amide bonds. The Labute approximate surface area is 252 Å². The van der Waals surface area contributed by atoms with E-state index < -0.39 is 5.91 Å². The second kappa shape index (κ2) is 12.3. The molecule has 6 rings (SSSR count). The van der Waals surface area contributed by atoms with Crippen LogP contribution in [0, 0.1) is 0 Å². The number of carbonyl (C=O) groups is 1. The number of para-hydroxylation sites is 1. The lowest BCUT2D eigenvalue weighted by Crippen LogP contribution is -2.22. The minimum absolute atomic E-state index is 0.250. The van der Waals surface area contributed by atoms with Crippen molar-refractivity contribution >= 4 is 34.1 Å². The summed E-state index contributed by atoms with van der Waals surface area (Å²) in [6, 6.07) is 44.7. The van der Waals surface area contributed by atoms with Crippen molar-refractivity contribution in [2.45, 2.75) is 19.5 Å². The van der Waals surface area contributed by atoms with E-state index in [1.165, 1.54) is 5.56 Å². The summed E-state index contributed by atoms with van der Waals surface area (Å²) in [6.07, 6.45) is 0. The molecule has 2 N–H and O–H groups in total. The van der Waals surface area contributed by atoms with Crippen molar-refractivity contribution in [3.05, 3.63) is 150 Å². The zero-order valence-electron chi connectivity index (χ0n) is 24.3. The SMILES string of the molecule is CC(c1ccccc1)N(C)Cc1cccc(N(c2ccc(C(N)=O)cc2)c2nc(-c3ccccc3)c3ccccc3n2)c1. The molecule has 5 aromatic carbocycles. The number of nitrogens with two attached hydrogens (primary N) is 1. The van der Waals surface area contributed by atoms with E-state index in [1.54, 1.807) is 12.1 Å². The van der Waals surface area contributed by atoms with Crippen LogP contribution in [0.2, 0.25) is 0 Å². The first-order chi connectivity index (χ1) is 21.0. The fraction of sp³-hybridized carbons (Fsp3) is 0.108. The number of anilines is 3. The topological polar surface area (TPSA) is 75.3 Å². The van der Waals surface area contributed by atoms with Crippen LogP contribution in [0.25, 0.3) is 22.2 Å². The van der Waals surface area contributed by atoms with Gasteiger partial charge in [-0.1, -0.05) is 91.0 Å². The summed E-state index contributed by atoms with van der Waals surface area (Å²) in [5, 5.41) is 0.978. The molecule has 1 heterocycles. The van der Waals surface area contributed by atoms with Crippen molar-refractivity contribution in [2.75, 3.05) is 11.9 Å². The van der Waals surface area contributed by atoms with Gasteiger partial charge in [-0.3, -0.25) is 14.6 Å². The summed E-state index contributed by atoms with van der Waals surface area (Å²) >= 11 is 0. The van der Waals surface area contributed by atoms with E-state index in [1.807, 2.05) is 59.5 Å². The molecule has 0 saturated carbocycles. The highest BCUT2D eigenvalue weighted by atomic mass is 16.1. The van der Waals surface area contributed by atoms with E-state index >= 15 is 0 Å². The number of hydrogen-bond acceptors (Lipinski definition) is 5. The maximum absolute atomic E-state index is 11.9. The van der Waals surface area contributed by atoms with E-state index in [0.29, 0.717) is 11.5 Å². The molecule has 1 unspecified atom stereocenters. The molecular weight excluding hydrogens is 530 g/mol. The molecule has 6 aromatic rings. The highest BCUT2D eigenvalue weighted by Gasteiger charge is 2.20. The van der Waals surface area contributed by atoms with Gasteiger partial charge in [-0.25, -0.2) is 9.97 Å². The molecule has 1 atom stereocenters. The van der Waals surface area contributed by atoms with Crippen LogP contribution >= 0.6 is 0 Å². The Morgan fingerprint density at radius 3 is 2.14 bits per heavy atom. The highest BCUT2D eigenvalue weighted by Crippen LogP contribution is 2.36. The third-order valence-electron chi connectivity index (χ3n) is 7.79. The maximum Gasteiger partial charge on any atom is 0.248 e. The third-order valence-corrected chi connectivity index (χ3v) is 7.79. The molecular formula is C37H33N5O. The molecule has 1 aromatic heterocycles. The largest absolute Gasteiger partial charge is 0.366 e. The molecule has 0 fully saturated rings. The quantitative estimate of drug-likeness (QED) is 0.193. The second-order valence-electron chi connectivity index (χ2n) is 10.7. The number of amides is 1. The number of aromatic nitrogens is 2. The van der Waals surface area contributed by atoms with E-state index in [2.05, 4.69) is 85.6 Å². The number of carbonyl (C=O) groups excluding carboxylic acids is 1. The van der Waals surface area contributed by atoms with Crippen molar-refractivity contribution < 1.29 is 4.79 Å². The van der Waals surface area contributed by atoms with Crippen LogP contribution in [0.3, 0.4) is 0 Å². The number of rotatable bonds is 9. The Hall–Kier alpha value is -5.33. The average Bonchev–Trinajstić information content (AvgIpc) is 3.05. The summed E-state index contributed by atoms with van der Waals surface area (Å²) < 4.78 is 0. The minimum Gasteiger partial charge on any atom is -0.366 e. The first kappa shape index (κ1) is 27.8. The summed E-state index contributed by atoms with van der Waals surface area (Å²) in [4.78, 5) is 26.4. The van der Waals surface area contributed by atoms with Crippen molar-refractivity contribution in [1.29, 1.82) is 0 Å². The molecule has 0 aliphatic rings. The first-order valence-corrected chi connectivity index (χ1v) is 14.3. The number of fused-ring (bicyclic) bond motifs is 1. The van der Waals surface area contributed by atoms with Gasteiger partial charge in [0.25, 0.3) is 0 Å². The Balaban J connectivity index is 1.45. The van der Waals surface area contributed by atoms with Gasteiger partial charge < -0.3 is 5.73 Å². The molecule has 43 heavy (non-hydrogen) atoms. The van der Waals surface area contributed by atoms with Gasteiger partial charge in [0.1, 0.15) is 0 Å². The van der Waals surface area contributed by atoms with Crippen molar-refractivity contribution in [3.63, 3.8) is 0 Å². The fourth-order valence-electron chi connectivity index (χ4n) is 5.34. The molecule has 0 aliphatic heterocycles. The van der Waals surface area contributed by atoms with Gasteiger partial charge in [-0.2, -0.15) is 0 Å².